The van der Waals surface area contributed by atoms with Gasteiger partial charge in [0.05, 0.1) is 25.5 Å². The van der Waals surface area contributed by atoms with E-state index >= 15 is 0 Å². The summed E-state index contributed by atoms with van der Waals surface area (Å²) >= 11 is 3.41. The number of hydrogen-bond acceptors (Lipinski definition) is 4. The lowest BCUT2D eigenvalue weighted by Gasteiger charge is -2.07. The summed E-state index contributed by atoms with van der Waals surface area (Å²) in [4.78, 5) is 11.4. The van der Waals surface area contributed by atoms with Gasteiger partial charge in [-0.15, -0.1) is 0 Å². The summed E-state index contributed by atoms with van der Waals surface area (Å²) in [7, 11) is 1.36. The summed E-state index contributed by atoms with van der Waals surface area (Å²) in [6.07, 6.45) is 1.61. The molecule has 0 radical (unpaired) electrons. The molecule has 1 heterocycles. The fourth-order valence-corrected chi connectivity index (χ4v) is 2.06. The molecule has 0 bridgehead atoms. The maximum absolute atomic E-state index is 11.4. The molecule has 0 amide bonds. The van der Waals surface area contributed by atoms with E-state index in [9.17, 15) is 4.79 Å². The first-order valence-electron chi connectivity index (χ1n) is 5.67. The van der Waals surface area contributed by atoms with Crippen LogP contribution in [0.25, 0.3) is 0 Å². The highest BCUT2D eigenvalue weighted by Crippen LogP contribution is 2.20. The Hall–Kier alpha value is -1.59. The molecule has 0 aliphatic rings. The second-order valence-electron chi connectivity index (χ2n) is 3.87. The summed E-state index contributed by atoms with van der Waals surface area (Å²) in [5, 5.41) is 0. The van der Waals surface area contributed by atoms with Crippen molar-refractivity contribution in [1.29, 1.82) is 0 Å². The van der Waals surface area contributed by atoms with E-state index in [-0.39, 0.29) is 5.97 Å². The maximum atomic E-state index is 11.4. The number of ether oxygens (including phenoxy) is 2. The minimum absolute atomic E-state index is 0.358. The molecule has 4 nitrogen and oxygen atoms in total. The molecule has 0 saturated carbocycles. The van der Waals surface area contributed by atoms with Crippen LogP contribution >= 0.6 is 15.9 Å². The third kappa shape index (κ3) is 3.68. The van der Waals surface area contributed by atoms with Crippen molar-refractivity contribution in [3.05, 3.63) is 58.0 Å². The van der Waals surface area contributed by atoms with Crippen LogP contribution in [0.1, 0.15) is 21.7 Å². The van der Waals surface area contributed by atoms with E-state index in [4.69, 9.17) is 9.15 Å². The van der Waals surface area contributed by atoms with E-state index in [0.717, 1.165) is 15.8 Å². The highest BCUT2D eigenvalue weighted by atomic mass is 79.9. The first-order valence-corrected chi connectivity index (χ1v) is 6.47. The minimum atomic E-state index is -0.358. The highest BCUT2D eigenvalue weighted by molar-refractivity contribution is 9.10. The fourth-order valence-electron chi connectivity index (χ4n) is 1.57. The number of benzene rings is 1. The molecule has 0 saturated heterocycles. The van der Waals surface area contributed by atoms with Crippen molar-refractivity contribution >= 4 is 21.9 Å². The zero-order valence-corrected chi connectivity index (χ0v) is 12.0. The first kappa shape index (κ1) is 13.8. The van der Waals surface area contributed by atoms with Gasteiger partial charge in [-0.2, -0.15) is 0 Å². The van der Waals surface area contributed by atoms with Gasteiger partial charge in [-0.05, 0) is 29.8 Å². The van der Waals surface area contributed by atoms with Crippen LogP contribution < -0.4 is 0 Å². The van der Waals surface area contributed by atoms with Crippen molar-refractivity contribution in [2.45, 2.75) is 13.2 Å². The van der Waals surface area contributed by atoms with E-state index in [0.29, 0.717) is 18.8 Å². The van der Waals surface area contributed by atoms with Gasteiger partial charge in [-0.1, -0.05) is 22.0 Å². The number of halogens is 1. The number of carbonyl (C=O) groups is 1. The van der Waals surface area contributed by atoms with Gasteiger partial charge < -0.3 is 13.9 Å². The minimum Gasteiger partial charge on any atom is -0.467 e. The smallest absolute Gasteiger partial charge is 0.337 e. The molecule has 100 valence electrons. The Bertz CT molecular complexity index is 549. The van der Waals surface area contributed by atoms with Gasteiger partial charge in [0.2, 0.25) is 0 Å². The summed E-state index contributed by atoms with van der Waals surface area (Å²) in [6.45, 7) is 0.848. The van der Waals surface area contributed by atoms with Crippen molar-refractivity contribution in [1.82, 2.24) is 0 Å². The average Bonchev–Trinajstić information content (AvgIpc) is 2.93. The lowest BCUT2D eigenvalue weighted by Crippen LogP contribution is -2.02. The number of furan rings is 1. The van der Waals surface area contributed by atoms with Gasteiger partial charge in [0.25, 0.3) is 0 Å². The summed E-state index contributed by atoms with van der Waals surface area (Å²) in [5.74, 6) is 0.422. The Morgan fingerprint density at radius 3 is 2.79 bits per heavy atom. The molecule has 0 unspecified atom stereocenters. The van der Waals surface area contributed by atoms with Crippen LogP contribution in [0.5, 0.6) is 0 Å². The van der Waals surface area contributed by atoms with Crippen LogP contribution in [-0.4, -0.2) is 13.1 Å². The molecule has 5 heteroatoms. The molecular weight excluding hydrogens is 312 g/mol. The highest BCUT2D eigenvalue weighted by Gasteiger charge is 2.08. The summed E-state index contributed by atoms with van der Waals surface area (Å²) in [6, 6.07) is 8.94. The molecule has 0 spiro atoms. The van der Waals surface area contributed by atoms with Crippen molar-refractivity contribution in [3.63, 3.8) is 0 Å². The van der Waals surface area contributed by atoms with E-state index < -0.39 is 0 Å². The molecule has 1 aromatic carbocycles. The van der Waals surface area contributed by atoms with E-state index in [1.807, 2.05) is 18.2 Å². The van der Waals surface area contributed by atoms with E-state index in [1.54, 1.807) is 18.4 Å². The Balaban J connectivity index is 1.95. The molecule has 0 N–H and O–H groups in total. The second-order valence-corrected chi connectivity index (χ2v) is 4.72. The third-order valence-corrected chi connectivity index (χ3v) is 3.29. The van der Waals surface area contributed by atoms with Gasteiger partial charge in [-0.25, -0.2) is 4.79 Å². The molecule has 0 aliphatic heterocycles. The fraction of sp³-hybridized carbons (Fsp3) is 0.214. The van der Waals surface area contributed by atoms with Crippen LogP contribution in [0.2, 0.25) is 0 Å². The number of hydrogen-bond donors (Lipinski definition) is 0. The predicted octanol–water partition coefficient (Wildman–Crippen LogP) is 3.55. The van der Waals surface area contributed by atoms with E-state index in [1.165, 1.54) is 7.11 Å². The molecule has 1 aromatic heterocycles. The maximum Gasteiger partial charge on any atom is 0.337 e. The Morgan fingerprint density at radius 1 is 1.32 bits per heavy atom. The van der Waals surface area contributed by atoms with Crippen molar-refractivity contribution in [3.8, 4) is 0 Å². The van der Waals surface area contributed by atoms with Gasteiger partial charge in [-0.3, -0.25) is 0 Å². The van der Waals surface area contributed by atoms with Gasteiger partial charge in [0, 0.05) is 4.47 Å². The molecule has 19 heavy (non-hydrogen) atoms. The van der Waals surface area contributed by atoms with Gasteiger partial charge >= 0.3 is 5.97 Å². The third-order valence-electron chi connectivity index (χ3n) is 2.56. The standard InChI is InChI=1S/C14H13BrO4/c1-17-14(16)10-4-5-11(13(15)7-10)8-18-9-12-3-2-6-19-12/h2-7H,8-9H2,1H3. The molecular formula is C14H13BrO4. The molecule has 0 aliphatic carbocycles. The van der Waals surface area contributed by atoms with Crippen molar-refractivity contribution in [2.24, 2.45) is 0 Å². The number of rotatable bonds is 5. The Morgan fingerprint density at radius 2 is 2.16 bits per heavy atom. The van der Waals surface area contributed by atoms with Crippen molar-refractivity contribution in [2.75, 3.05) is 7.11 Å². The zero-order valence-electron chi connectivity index (χ0n) is 10.4. The average molecular weight is 325 g/mol. The number of methoxy groups -OCH3 is 1. The SMILES string of the molecule is COC(=O)c1ccc(COCc2ccco2)c(Br)c1. The Labute approximate surface area is 119 Å². The summed E-state index contributed by atoms with van der Waals surface area (Å²) in [5.41, 5.74) is 1.46. The lowest BCUT2D eigenvalue weighted by atomic mass is 10.1. The van der Waals surface area contributed by atoms with Crippen LogP contribution in [0.15, 0.2) is 45.5 Å². The van der Waals surface area contributed by atoms with Crippen molar-refractivity contribution < 1.29 is 18.7 Å². The molecule has 2 rings (SSSR count). The normalized spacial score (nSPS) is 10.4. The second kappa shape index (κ2) is 6.54. The number of carbonyl (C=O) groups excluding carboxylic acids is 1. The first-order chi connectivity index (χ1) is 9.20. The largest absolute Gasteiger partial charge is 0.467 e. The zero-order chi connectivity index (χ0) is 13.7. The summed E-state index contributed by atoms with van der Waals surface area (Å²) < 4.78 is 16.2. The van der Waals surface area contributed by atoms with E-state index in [2.05, 4.69) is 20.7 Å². The lowest BCUT2D eigenvalue weighted by molar-refractivity contribution is 0.0600. The monoisotopic (exact) mass is 324 g/mol. The van der Waals surface area contributed by atoms with Gasteiger partial charge in [0.15, 0.2) is 0 Å². The quantitative estimate of drug-likeness (QED) is 0.789. The number of esters is 1. The Kier molecular flexibility index (Phi) is 4.76. The van der Waals surface area contributed by atoms with Crippen LogP contribution in [0.4, 0.5) is 0 Å². The van der Waals surface area contributed by atoms with Gasteiger partial charge in [0.1, 0.15) is 12.4 Å². The molecule has 0 atom stereocenters. The topological polar surface area (TPSA) is 48.7 Å². The molecule has 0 fully saturated rings. The molecule has 2 aromatic rings. The van der Waals surface area contributed by atoms with Crippen LogP contribution in [-0.2, 0) is 22.7 Å². The van der Waals surface area contributed by atoms with Crippen LogP contribution in [0, 0.1) is 0 Å². The van der Waals surface area contributed by atoms with Crippen LogP contribution in [0.3, 0.4) is 0 Å². The predicted molar refractivity (Wildman–Crippen MR) is 72.7 cm³/mol.